The van der Waals surface area contributed by atoms with Gasteiger partial charge in [0, 0.05) is 24.7 Å². The Morgan fingerprint density at radius 1 is 1.20 bits per heavy atom. The van der Waals surface area contributed by atoms with Gasteiger partial charge in [0.15, 0.2) is 5.92 Å². The fraction of sp³-hybridized carbons (Fsp3) is 0.429. The van der Waals surface area contributed by atoms with Crippen molar-refractivity contribution in [2.45, 2.75) is 32.2 Å². The largest absolute Gasteiger partial charge is 0.422 e. The Labute approximate surface area is 125 Å². The zero-order valence-electron chi connectivity index (χ0n) is 11.1. The van der Waals surface area contributed by atoms with Gasteiger partial charge in [-0.15, -0.1) is 0 Å². The van der Waals surface area contributed by atoms with E-state index in [1.165, 1.54) is 13.8 Å². The summed E-state index contributed by atoms with van der Waals surface area (Å²) in [5.41, 5.74) is 0.624. The first-order valence-electron chi connectivity index (χ1n) is 6.18. The van der Waals surface area contributed by atoms with Gasteiger partial charge in [0.1, 0.15) is 0 Å². The van der Waals surface area contributed by atoms with Crippen molar-refractivity contribution in [3.05, 3.63) is 34.3 Å². The second kappa shape index (κ2) is 5.54. The molecule has 0 radical (unpaired) electrons. The second-order valence-corrected chi connectivity index (χ2v) is 6.01. The van der Waals surface area contributed by atoms with Gasteiger partial charge in [-0.3, -0.25) is 9.59 Å². The SMILES string of the molecule is CC1(C)OC(=O)C(CC(O)c2ccc(Br)cc2)C(=O)O1. The molecule has 1 aromatic carbocycles. The Bertz CT molecular complexity index is 503. The molecule has 6 heteroatoms. The van der Waals surface area contributed by atoms with Crippen LogP contribution in [0.25, 0.3) is 0 Å². The molecule has 1 atom stereocenters. The van der Waals surface area contributed by atoms with E-state index in [4.69, 9.17) is 9.47 Å². The number of hydrogen-bond donors (Lipinski definition) is 1. The van der Waals surface area contributed by atoms with Crippen molar-refractivity contribution in [2.75, 3.05) is 0 Å². The number of hydrogen-bond acceptors (Lipinski definition) is 5. The van der Waals surface area contributed by atoms with Crippen LogP contribution in [0.4, 0.5) is 0 Å². The molecular weight excluding hydrogens is 328 g/mol. The molecule has 2 rings (SSSR count). The molecule has 0 saturated carbocycles. The summed E-state index contributed by atoms with van der Waals surface area (Å²) in [6, 6.07) is 6.99. The van der Waals surface area contributed by atoms with Gasteiger partial charge >= 0.3 is 11.9 Å². The third-order valence-electron chi connectivity index (χ3n) is 2.98. The smallest absolute Gasteiger partial charge is 0.323 e. The number of aliphatic hydroxyl groups excluding tert-OH is 1. The molecule has 1 aliphatic heterocycles. The summed E-state index contributed by atoms with van der Waals surface area (Å²) in [4.78, 5) is 23.6. The number of esters is 2. The van der Waals surface area contributed by atoms with Crippen LogP contribution in [0.1, 0.15) is 31.9 Å². The molecule has 1 aliphatic rings. The molecule has 0 bridgehead atoms. The van der Waals surface area contributed by atoms with E-state index in [0.717, 1.165) is 4.47 Å². The maximum atomic E-state index is 11.8. The highest BCUT2D eigenvalue weighted by Gasteiger charge is 2.43. The minimum Gasteiger partial charge on any atom is -0.422 e. The van der Waals surface area contributed by atoms with E-state index in [9.17, 15) is 14.7 Å². The summed E-state index contributed by atoms with van der Waals surface area (Å²) in [5, 5.41) is 10.1. The molecule has 1 N–H and O–H groups in total. The Morgan fingerprint density at radius 2 is 1.70 bits per heavy atom. The number of ether oxygens (including phenoxy) is 2. The lowest BCUT2D eigenvalue weighted by molar-refractivity contribution is -0.241. The van der Waals surface area contributed by atoms with Crippen molar-refractivity contribution in [3.63, 3.8) is 0 Å². The first-order chi connectivity index (χ1) is 9.28. The van der Waals surface area contributed by atoms with Gasteiger partial charge in [-0.1, -0.05) is 28.1 Å². The highest BCUT2D eigenvalue weighted by molar-refractivity contribution is 9.10. The van der Waals surface area contributed by atoms with Crippen LogP contribution in [0.15, 0.2) is 28.7 Å². The number of cyclic esters (lactones) is 2. The molecule has 1 heterocycles. The second-order valence-electron chi connectivity index (χ2n) is 5.10. The average molecular weight is 343 g/mol. The highest BCUT2D eigenvalue weighted by atomic mass is 79.9. The molecule has 1 aromatic rings. The van der Waals surface area contributed by atoms with Gasteiger partial charge in [-0.25, -0.2) is 0 Å². The third kappa shape index (κ3) is 3.37. The predicted molar refractivity (Wildman–Crippen MR) is 73.5 cm³/mol. The van der Waals surface area contributed by atoms with E-state index in [0.29, 0.717) is 5.56 Å². The molecule has 0 aliphatic carbocycles. The van der Waals surface area contributed by atoms with Gasteiger partial charge in [0.25, 0.3) is 5.79 Å². The van der Waals surface area contributed by atoms with Crippen LogP contribution >= 0.6 is 15.9 Å². The summed E-state index contributed by atoms with van der Waals surface area (Å²) < 4.78 is 10.9. The number of carbonyl (C=O) groups is 2. The van der Waals surface area contributed by atoms with Crippen LogP contribution in [0, 0.1) is 5.92 Å². The maximum absolute atomic E-state index is 11.8. The van der Waals surface area contributed by atoms with Crippen LogP contribution in [0.3, 0.4) is 0 Å². The van der Waals surface area contributed by atoms with Crippen molar-refractivity contribution in [2.24, 2.45) is 5.92 Å². The van der Waals surface area contributed by atoms with Crippen molar-refractivity contribution in [1.29, 1.82) is 0 Å². The van der Waals surface area contributed by atoms with Crippen molar-refractivity contribution in [1.82, 2.24) is 0 Å². The fourth-order valence-corrected chi connectivity index (χ4v) is 2.24. The molecule has 5 nitrogen and oxygen atoms in total. The van der Waals surface area contributed by atoms with Gasteiger partial charge in [-0.2, -0.15) is 0 Å². The van der Waals surface area contributed by atoms with Crippen LogP contribution < -0.4 is 0 Å². The first-order valence-corrected chi connectivity index (χ1v) is 6.97. The Hall–Kier alpha value is -1.40. The molecule has 0 spiro atoms. The maximum Gasteiger partial charge on any atom is 0.323 e. The average Bonchev–Trinajstić information content (AvgIpc) is 2.33. The third-order valence-corrected chi connectivity index (χ3v) is 3.50. The molecule has 1 unspecified atom stereocenters. The van der Waals surface area contributed by atoms with Gasteiger partial charge < -0.3 is 14.6 Å². The number of aliphatic hydroxyl groups is 1. The standard InChI is InChI=1S/C14H15BrO5/c1-14(2)19-12(17)10(13(18)20-14)7-11(16)8-3-5-9(15)6-4-8/h3-6,10-11,16H,7H2,1-2H3. The van der Waals surface area contributed by atoms with Crippen molar-refractivity contribution < 1.29 is 24.2 Å². The summed E-state index contributed by atoms with van der Waals surface area (Å²) in [6.07, 6.45) is -0.996. The van der Waals surface area contributed by atoms with Crippen LogP contribution in [0.2, 0.25) is 0 Å². The first kappa shape index (κ1) is 15.0. The Balaban J connectivity index is 2.07. The van der Waals surface area contributed by atoms with Crippen LogP contribution in [-0.4, -0.2) is 22.8 Å². The highest BCUT2D eigenvalue weighted by Crippen LogP contribution is 2.30. The molecule has 0 aromatic heterocycles. The summed E-state index contributed by atoms with van der Waals surface area (Å²) in [5.74, 6) is -3.67. The number of rotatable bonds is 3. The Kier molecular flexibility index (Phi) is 4.15. The van der Waals surface area contributed by atoms with Crippen LogP contribution in [-0.2, 0) is 19.1 Å². The van der Waals surface area contributed by atoms with Gasteiger partial charge in [-0.05, 0) is 17.7 Å². The van der Waals surface area contributed by atoms with Gasteiger partial charge in [0.2, 0.25) is 0 Å². The van der Waals surface area contributed by atoms with E-state index in [1.807, 2.05) is 0 Å². The topological polar surface area (TPSA) is 72.8 Å². The molecule has 20 heavy (non-hydrogen) atoms. The number of carbonyl (C=O) groups excluding carboxylic acids is 2. The molecular formula is C14H15BrO5. The zero-order chi connectivity index (χ0) is 14.9. The van der Waals surface area contributed by atoms with Crippen molar-refractivity contribution >= 4 is 27.9 Å². The van der Waals surface area contributed by atoms with E-state index < -0.39 is 29.7 Å². The van der Waals surface area contributed by atoms with E-state index in [1.54, 1.807) is 24.3 Å². The fourth-order valence-electron chi connectivity index (χ4n) is 1.98. The molecule has 1 fully saturated rings. The number of halogens is 1. The quantitative estimate of drug-likeness (QED) is 0.674. The monoisotopic (exact) mass is 342 g/mol. The normalized spacial score (nSPS) is 20.2. The lowest BCUT2D eigenvalue weighted by atomic mass is 9.96. The molecule has 0 amide bonds. The summed E-state index contributed by atoms with van der Waals surface area (Å²) in [6.45, 7) is 2.98. The van der Waals surface area contributed by atoms with Crippen LogP contribution in [0.5, 0.6) is 0 Å². The van der Waals surface area contributed by atoms with E-state index in [2.05, 4.69) is 15.9 Å². The summed E-state index contributed by atoms with van der Waals surface area (Å²) in [7, 11) is 0. The Morgan fingerprint density at radius 3 is 2.20 bits per heavy atom. The van der Waals surface area contributed by atoms with E-state index >= 15 is 0 Å². The van der Waals surface area contributed by atoms with Crippen molar-refractivity contribution in [3.8, 4) is 0 Å². The lowest BCUT2D eigenvalue weighted by Crippen LogP contribution is -2.46. The van der Waals surface area contributed by atoms with E-state index in [-0.39, 0.29) is 6.42 Å². The molecule has 1 saturated heterocycles. The minimum absolute atomic E-state index is 0.0601. The zero-order valence-corrected chi connectivity index (χ0v) is 12.7. The summed E-state index contributed by atoms with van der Waals surface area (Å²) >= 11 is 3.29. The van der Waals surface area contributed by atoms with Gasteiger partial charge in [0.05, 0.1) is 6.10 Å². The minimum atomic E-state index is -1.24. The number of benzene rings is 1. The molecule has 108 valence electrons. The predicted octanol–water partition coefficient (Wildman–Crippen LogP) is 2.32. The lowest BCUT2D eigenvalue weighted by Gasteiger charge is -2.33.